The third-order valence-electron chi connectivity index (χ3n) is 3.05. The predicted molar refractivity (Wildman–Crippen MR) is 65.4 cm³/mol. The van der Waals surface area contributed by atoms with Gasteiger partial charge >= 0.3 is 0 Å². The quantitative estimate of drug-likeness (QED) is 0.814. The van der Waals surface area contributed by atoms with Crippen LogP contribution in [0.5, 0.6) is 0 Å². The minimum absolute atomic E-state index is 0. The Hall–Kier alpha value is -0.310. The molecule has 84 valence electrons. The highest BCUT2D eigenvalue weighted by Gasteiger charge is 2.24. The summed E-state index contributed by atoms with van der Waals surface area (Å²) in [7, 11) is 0. The zero-order valence-corrected chi connectivity index (χ0v) is 10.1. The first kappa shape index (κ1) is 12.8. The largest absolute Gasteiger partial charge is 0.324 e. The molecule has 1 fully saturated rings. The number of rotatable bonds is 2. The molecule has 0 aromatic carbocycles. The van der Waals surface area contributed by atoms with E-state index in [0.717, 1.165) is 5.56 Å². The molecule has 1 heterocycles. The van der Waals surface area contributed by atoms with Crippen molar-refractivity contribution >= 4 is 24.0 Å². The summed E-state index contributed by atoms with van der Waals surface area (Å²) in [6.45, 7) is 0. The summed E-state index contributed by atoms with van der Waals surface area (Å²) < 4.78 is 0. The molecule has 1 aliphatic carbocycles. The van der Waals surface area contributed by atoms with Gasteiger partial charge in [-0.25, -0.2) is 4.98 Å². The van der Waals surface area contributed by atoms with Crippen molar-refractivity contribution in [1.29, 1.82) is 0 Å². The van der Waals surface area contributed by atoms with Gasteiger partial charge < -0.3 is 5.73 Å². The van der Waals surface area contributed by atoms with E-state index < -0.39 is 0 Å². The maximum absolute atomic E-state index is 6.18. The molecule has 0 amide bonds. The maximum atomic E-state index is 6.18. The second-order valence-corrected chi connectivity index (χ2v) is 4.31. The summed E-state index contributed by atoms with van der Waals surface area (Å²) in [4.78, 5) is 4.06. The van der Waals surface area contributed by atoms with Crippen LogP contribution in [0.1, 0.15) is 37.3 Å². The number of aromatic nitrogens is 1. The fraction of sp³-hybridized carbons (Fsp3) is 0.545. The third-order valence-corrected chi connectivity index (χ3v) is 3.37. The molecule has 1 aromatic rings. The van der Waals surface area contributed by atoms with Crippen molar-refractivity contribution in [3.8, 4) is 0 Å². The van der Waals surface area contributed by atoms with Crippen molar-refractivity contribution in [2.75, 3.05) is 0 Å². The second kappa shape index (κ2) is 5.69. The minimum Gasteiger partial charge on any atom is -0.324 e. The fourth-order valence-corrected chi connectivity index (χ4v) is 2.46. The normalized spacial score (nSPS) is 18.5. The van der Waals surface area contributed by atoms with Crippen molar-refractivity contribution in [2.45, 2.75) is 31.7 Å². The van der Waals surface area contributed by atoms with Gasteiger partial charge in [0.15, 0.2) is 0 Å². The van der Waals surface area contributed by atoms with E-state index >= 15 is 0 Å². The highest BCUT2D eigenvalue weighted by Crippen LogP contribution is 2.35. The van der Waals surface area contributed by atoms with Crippen molar-refractivity contribution in [1.82, 2.24) is 4.98 Å². The lowest BCUT2D eigenvalue weighted by Gasteiger charge is -2.19. The average Bonchev–Trinajstić information content (AvgIpc) is 2.70. The molecule has 2 rings (SSSR count). The van der Waals surface area contributed by atoms with Crippen molar-refractivity contribution in [3.63, 3.8) is 0 Å². The Morgan fingerprint density at radius 1 is 1.40 bits per heavy atom. The zero-order chi connectivity index (χ0) is 9.97. The third kappa shape index (κ3) is 2.83. The smallest absolute Gasteiger partial charge is 0.133 e. The van der Waals surface area contributed by atoms with Crippen LogP contribution in [0, 0.1) is 5.92 Å². The Bertz CT molecular complexity index is 311. The van der Waals surface area contributed by atoms with Gasteiger partial charge in [-0.1, -0.05) is 30.5 Å². The van der Waals surface area contributed by atoms with Gasteiger partial charge in [-0.3, -0.25) is 0 Å². The Morgan fingerprint density at radius 2 is 2.07 bits per heavy atom. The topological polar surface area (TPSA) is 38.9 Å². The second-order valence-electron chi connectivity index (χ2n) is 3.95. The van der Waals surface area contributed by atoms with Crippen molar-refractivity contribution in [3.05, 3.63) is 29.0 Å². The molecule has 2 nitrogen and oxygen atoms in total. The number of halogens is 2. The van der Waals surface area contributed by atoms with Crippen LogP contribution >= 0.6 is 24.0 Å². The number of nitrogens with two attached hydrogens (primary N) is 1. The molecule has 4 heteroatoms. The van der Waals surface area contributed by atoms with Crippen LogP contribution in [0.3, 0.4) is 0 Å². The highest BCUT2D eigenvalue weighted by atomic mass is 35.5. The standard InChI is InChI=1S/C11H15ClN2.ClH/c12-11-9(6-3-7-14-11)10(13)8-4-1-2-5-8;/h3,6-8,10H,1-2,4-5,13H2;1H/t10-;/m0./s1. The van der Waals surface area contributed by atoms with E-state index in [-0.39, 0.29) is 18.4 Å². The molecule has 0 aliphatic heterocycles. The van der Waals surface area contributed by atoms with Crippen LogP contribution in [0.25, 0.3) is 0 Å². The van der Waals surface area contributed by atoms with Crippen molar-refractivity contribution < 1.29 is 0 Å². The van der Waals surface area contributed by atoms with Gasteiger partial charge in [0, 0.05) is 17.8 Å². The van der Waals surface area contributed by atoms with Gasteiger partial charge in [-0.15, -0.1) is 12.4 Å². The molecule has 0 bridgehead atoms. The van der Waals surface area contributed by atoms with Crippen LogP contribution < -0.4 is 5.73 Å². The summed E-state index contributed by atoms with van der Waals surface area (Å²) in [6.07, 6.45) is 6.76. The molecule has 1 atom stereocenters. The summed E-state index contributed by atoms with van der Waals surface area (Å²) in [5.74, 6) is 0.594. The molecule has 0 unspecified atom stereocenters. The minimum atomic E-state index is 0. The van der Waals surface area contributed by atoms with Crippen LogP contribution in [0.15, 0.2) is 18.3 Å². The Labute approximate surface area is 102 Å². The lowest BCUT2D eigenvalue weighted by molar-refractivity contribution is 0.444. The summed E-state index contributed by atoms with van der Waals surface area (Å²) in [5, 5.41) is 0.562. The Kier molecular flexibility index (Phi) is 4.84. The van der Waals surface area contributed by atoms with E-state index in [1.807, 2.05) is 12.1 Å². The zero-order valence-electron chi connectivity index (χ0n) is 8.53. The molecular formula is C11H16Cl2N2. The van der Waals surface area contributed by atoms with Gasteiger partial charge in [0.25, 0.3) is 0 Å². The first-order valence-corrected chi connectivity index (χ1v) is 5.53. The molecule has 0 radical (unpaired) electrons. The summed E-state index contributed by atoms with van der Waals surface area (Å²) in [5.41, 5.74) is 7.18. The summed E-state index contributed by atoms with van der Waals surface area (Å²) in [6, 6.07) is 3.95. The van der Waals surface area contributed by atoms with Crippen LogP contribution in [-0.4, -0.2) is 4.98 Å². The van der Waals surface area contributed by atoms with Gasteiger partial charge in [0.2, 0.25) is 0 Å². The first-order valence-electron chi connectivity index (χ1n) is 5.15. The molecule has 1 saturated carbocycles. The van der Waals surface area contributed by atoms with Crippen LogP contribution in [0.4, 0.5) is 0 Å². The monoisotopic (exact) mass is 246 g/mol. The van der Waals surface area contributed by atoms with E-state index in [1.54, 1.807) is 6.20 Å². The average molecular weight is 247 g/mol. The number of nitrogens with zero attached hydrogens (tertiary/aromatic N) is 1. The van der Waals surface area contributed by atoms with Gasteiger partial charge in [-0.05, 0) is 24.8 Å². The van der Waals surface area contributed by atoms with E-state index in [4.69, 9.17) is 17.3 Å². The maximum Gasteiger partial charge on any atom is 0.133 e. The number of hydrogen-bond acceptors (Lipinski definition) is 2. The molecule has 0 spiro atoms. The summed E-state index contributed by atoms with van der Waals surface area (Å²) >= 11 is 6.01. The molecule has 15 heavy (non-hydrogen) atoms. The first-order chi connectivity index (χ1) is 6.79. The van der Waals surface area contributed by atoms with E-state index in [1.165, 1.54) is 25.7 Å². The van der Waals surface area contributed by atoms with Crippen molar-refractivity contribution in [2.24, 2.45) is 11.7 Å². The van der Waals surface area contributed by atoms with Gasteiger partial charge in [-0.2, -0.15) is 0 Å². The number of pyridine rings is 1. The SMILES string of the molecule is Cl.N[C@H](c1cccnc1Cl)C1CCCC1. The molecule has 1 aromatic heterocycles. The van der Waals surface area contributed by atoms with E-state index in [9.17, 15) is 0 Å². The van der Waals surface area contributed by atoms with E-state index in [0.29, 0.717) is 11.1 Å². The Morgan fingerprint density at radius 3 is 2.67 bits per heavy atom. The Balaban J connectivity index is 0.00000112. The predicted octanol–water partition coefficient (Wildman–Crippen LogP) is 3.35. The number of hydrogen-bond donors (Lipinski definition) is 1. The lowest BCUT2D eigenvalue weighted by Crippen LogP contribution is -2.19. The van der Waals surface area contributed by atoms with Gasteiger partial charge in [0.05, 0.1) is 0 Å². The van der Waals surface area contributed by atoms with Gasteiger partial charge in [0.1, 0.15) is 5.15 Å². The van der Waals surface area contributed by atoms with Crippen LogP contribution in [0.2, 0.25) is 5.15 Å². The molecule has 2 N–H and O–H groups in total. The molecular weight excluding hydrogens is 231 g/mol. The lowest BCUT2D eigenvalue weighted by atomic mass is 9.93. The molecule has 1 aliphatic rings. The molecule has 0 saturated heterocycles. The highest BCUT2D eigenvalue weighted by molar-refractivity contribution is 6.30. The van der Waals surface area contributed by atoms with Crippen LogP contribution in [-0.2, 0) is 0 Å². The van der Waals surface area contributed by atoms with E-state index in [2.05, 4.69) is 4.98 Å². The fourth-order valence-electron chi connectivity index (χ4n) is 2.22.